The molecule has 23 heavy (non-hydrogen) atoms. The predicted molar refractivity (Wildman–Crippen MR) is 83.3 cm³/mol. The first kappa shape index (κ1) is 15.3. The first-order valence-electron chi connectivity index (χ1n) is 7.74. The highest BCUT2D eigenvalue weighted by molar-refractivity contribution is 5.76. The molecule has 1 aliphatic rings. The Bertz CT molecular complexity index is 677. The van der Waals surface area contributed by atoms with Crippen molar-refractivity contribution in [3.8, 4) is 11.5 Å². The van der Waals surface area contributed by atoms with E-state index in [2.05, 4.69) is 10.4 Å². The topological polar surface area (TPSA) is 80.4 Å². The minimum Gasteiger partial charge on any atom is -0.463 e. The zero-order valence-electron chi connectivity index (χ0n) is 13.1. The van der Waals surface area contributed by atoms with Gasteiger partial charge >= 0.3 is 0 Å². The first-order valence-corrected chi connectivity index (χ1v) is 7.74. The van der Waals surface area contributed by atoms with Crippen LogP contribution < -0.4 is 5.32 Å². The van der Waals surface area contributed by atoms with Gasteiger partial charge in [0.05, 0.1) is 6.26 Å². The lowest BCUT2D eigenvalue weighted by molar-refractivity contribution is -0.134. The fourth-order valence-electron chi connectivity index (χ4n) is 2.85. The number of furan rings is 1. The Labute approximate surface area is 134 Å². The number of rotatable bonds is 4. The Hall–Kier alpha value is -2.57. The molecule has 0 aromatic carbocycles. The van der Waals surface area contributed by atoms with Gasteiger partial charge in [-0.2, -0.15) is 5.10 Å². The molecule has 1 aliphatic heterocycles. The molecule has 1 saturated heterocycles. The third-order valence-corrected chi connectivity index (χ3v) is 3.89. The van der Waals surface area contributed by atoms with Crippen LogP contribution in [0.3, 0.4) is 0 Å². The summed E-state index contributed by atoms with van der Waals surface area (Å²) in [5.74, 6) is 0.633. The standard InChI is InChI=1S/C16H20N4O3/c1-12(21)17-13-4-2-7-19(10-13)16(22)11-20-8-6-14(18-20)15-5-3-9-23-15/h3,5-6,8-9,13H,2,4,7,10-11H2,1H3,(H,17,21)/t13-/m0/s1. The van der Waals surface area contributed by atoms with Gasteiger partial charge in [-0.25, -0.2) is 0 Å². The lowest BCUT2D eigenvalue weighted by Gasteiger charge is -2.33. The van der Waals surface area contributed by atoms with E-state index < -0.39 is 0 Å². The maximum Gasteiger partial charge on any atom is 0.244 e. The van der Waals surface area contributed by atoms with Gasteiger partial charge in [-0.05, 0) is 31.0 Å². The molecule has 1 fully saturated rings. The van der Waals surface area contributed by atoms with Gasteiger partial charge in [0.25, 0.3) is 0 Å². The van der Waals surface area contributed by atoms with Crippen molar-refractivity contribution in [1.82, 2.24) is 20.0 Å². The summed E-state index contributed by atoms with van der Waals surface area (Å²) in [7, 11) is 0. The SMILES string of the molecule is CC(=O)N[C@H]1CCCN(C(=O)Cn2ccc(-c3ccco3)n2)C1. The quantitative estimate of drug-likeness (QED) is 0.921. The molecular formula is C16H20N4O3. The van der Waals surface area contributed by atoms with E-state index in [0.29, 0.717) is 18.0 Å². The number of hydrogen-bond donors (Lipinski definition) is 1. The van der Waals surface area contributed by atoms with Crippen LogP contribution in [0.4, 0.5) is 0 Å². The second-order valence-corrected chi connectivity index (χ2v) is 5.76. The van der Waals surface area contributed by atoms with Crippen molar-refractivity contribution < 1.29 is 14.0 Å². The molecular weight excluding hydrogens is 296 g/mol. The average molecular weight is 316 g/mol. The normalized spacial score (nSPS) is 18.0. The number of carbonyl (C=O) groups is 2. The summed E-state index contributed by atoms with van der Waals surface area (Å²) in [6, 6.07) is 5.50. The molecule has 2 aromatic rings. The first-order chi connectivity index (χ1) is 11.1. The molecule has 0 spiro atoms. The van der Waals surface area contributed by atoms with Crippen molar-refractivity contribution in [2.45, 2.75) is 32.4 Å². The molecule has 0 saturated carbocycles. The maximum absolute atomic E-state index is 12.4. The highest BCUT2D eigenvalue weighted by Gasteiger charge is 2.24. The molecule has 0 aliphatic carbocycles. The Balaban J connectivity index is 1.59. The minimum atomic E-state index is -0.0561. The molecule has 122 valence electrons. The fourth-order valence-corrected chi connectivity index (χ4v) is 2.85. The third kappa shape index (κ3) is 3.80. The Morgan fingerprint density at radius 3 is 3.04 bits per heavy atom. The molecule has 7 heteroatoms. The van der Waals surface area contributed by atoms with Gasteiger partial charge in [0.1, 0.15) is 12.2 Å². The van der Waals surface area contributed by atoms with Crippen molar-refractivity contribution in [2.24, 2.45) is 0 Å². The summed E-state index contributed by atoms with van der Waals surface area (Å²) in [5, 5.41) is 7.25. The van der Waals surface area contributed by atoms with Crippen LogP contribution in [0.25, 0.3) is 11.5 Å². The van der Waals surface area contributed by atoms with Crippen LogP contribution in [0.5, 0.6) is 0 Å². The number of nitrogens with zero attached hydrogens (tertiary/aromatic N) is 3. The van der Waals surface area contributed by atoms with E-state index in [1.54, 1.807) is 28.1 Å². The summed E-state index contributed by atoms with van der Waals surface area (Å²) in [4.78, 5) is 25.4. The van der Waals surface area contributed by atoms with E-state index in [1.807, 2.05) is 12.1 Å². The summed E-state index contributed by atoms with van der Waals surface area (Å²) < 4.78 is 6.91. The molecule has 2 amide bonds. The van der Waals surface area contributed by atoms with Crippen molar-refractivity contribution >= 4 is 11.8 Å². The van der Waals surface area contributed by atoms with E-state index in [-0.39, 0.29) is 24.4 Å². The summed E-state index contributed by atoms with van der Waals surface area (Å²) in [6.45, 7) is 2.97. The molecule has 0 radical (unpaired) electrons. The zero-order chi connectivity index (χ0) is 16.2. The highest BCUT2D eigenvalue weighted by atomic mass is 16.3. The molecule has 3 rings (SSSR count). The van der Waals surface area contributed by atoms with E-state index in [4.69, 9.17) is 4.42 Å². The molecule has 2 aromatic heterocycles. The maximum atomic E-state index is 12.4. The smallest absolute Gasteiger partial charge is 0.244 e. The molecule has 1 N–H and O–H groups in total. The van der Waals surface area contributed by atoms with Crippen molar-refractivity contribution in [1.29, 1.82) is 0 Å². The summed E-state index contributed by atoms with van der Waals surface area (Å²) in [5.41, 5.74) is 0.706. The number of carbonyl (C=O) groups excluding carboxylic acids is 2. The monoisotopic (exact) mass is 316 g/mol. The van der Waals surface area contributed by atoms with Crippen molar-refractivity contribution in [3.05, 3.63) is 30.7 Å². The highest BCUT2D eigenvalue weighted by Crippen LogP contribution is 2.17. The number of likely N-dealkylation sites (tertiary alicyclic amines) is 1. The average Bonchev–Trinajstić information content (AvgIpc) is 3.17. The summed E-state index contributed by atoms with van der Waals surface area (Å²) >= 11 is 0. The molecule has 1 atom stereocenters. The van der Waals surface area contributed by atoms with Crippen LogP contribution in [-0.2, 0) is 16.1 Å². The second kappa shape index (κ2) is 6.68. The van der Waals surface area contributed by atoms with E-state index >= 15 is 0 Å². The fraction of sp³-hybridized carbons (Fsp3) is 0.438. The lowest BCUT2D eigenvalue weighted by atomic mass is 10.1. The second-order valence-electron chi connectivity index (χ2n) is 5.76. The van der Waals surface area contributed by atoms with Crippen LogP contribution in [-0.4, -0.2) is 45.6 Å². The van der Waals surface area contributed by atoms with Crippen molar-refractivity contribution in [3.63, 3.8) is 0 Å². The van der Waals surface area contributed by atoms with Gasteiger partial charge < -0.3 is 14.6 Å². The largest absolute Gasteiger partial charge is 0.463 e. The van der Waals surface area contributed by atoms with Crippen LogP contribution >= 0.6 is 0 Å². The number of piperidine rings is 1. The van der Waals surface area contributed by atoms with Crippen molar-refractivity contribution in [2.75, 3.05) is 13.1 Å². The van der Waals surface area contributed by atoms with Gasteiger partial charge in [0.2, 0.25) is 11.8 Å². The summed E-state index contributed by atoms with van der Waals surface area (Å²) in [6.07, 6.45) is 5.17. The number of hydrogen-bond acceptors (Lipinski definition) is 4. The lowest BCUT2D eigenvalue weighted by Crippen LogP contribution is -2.49. The van der Waals surface area contributed by atoms with Gasteiger partial charge in [0.15, 0.2) is 5.76 Å². The zero-order valence-corrected chi connectivity index (χ0v) is 13.1. The van der Waals surface area contributed by atoms with Crippen LogP contribution in [0, 0.1) is 0 Å². The number of amides is 2. The van der Waals surface area contributed by atoms with E-state index in [0.717, 1.165) is 19.4 Å². The van der Waals surface area contributed by atoms with Crippen LogP contribution in [0.1, 0.15) is 19.8 Å². The molecule has 0 unspecified atom stereocenters. The van der Waals surface area contributed by atoms with Crippen LogP contribution in [0.2, 0.25) is 0 Å². The number of aromatic nitrogens is 2. The van der Waals surface area contributed by atoms with Crippen LogP contribution in [0.15, 0.2) is 35.1 Å². The minimum absolute atomic E-state index is 0.00847. The Kier molecular flexibility index (Phi) is 4.45. The van der Waals surface area contributed by atoms with E-state index in [9.17, 15) is 9.59 Å². The van der Waals surface area contributed by atoms with Gasteiger partial charge in [-0.15, -0.1) is 0 Å². The molecule has 3 heterocycles. The molecule has 0 bridgehead atoms. The number of nitrogens with one attached hydrogen (secondary N) is 1. The van der Waals surface area contributed by atoms with Gasteiger partial charge in [0, 0.05) is 32.3 Å². The van der Waals surface area contributed by atoms with Gasteiger partial charge in [-0.3, -0.25) is 14.3 Å². The predicted octanol–water partition coefficient (Wildman–Crippen LogP) is 1.27. The Morgan fingerprint density at radius 1 is 1.43 bits per heavy atom. The Morgan fingerprint density at radius 2 is 2.30 bits per heavy atom. The third-order valence-electron chi connectivity index (χ3n) is 3.89. The van der Waals surface area contributed by atoms with Gasteiger partial charge in [-0.1, -0.05) is 0 Å². The van der Waals surface area contributed by atoms with E-state index in [1.165, 1.54) is 6.92 Å². The molecule has 7 nitrogen and oxygen atoms in total.